The minimum Gasteiger partial charge on any atom is -0.497 e. The van der Waals surface area contributed by atoms with Crippen LogP contribution in [-0.4, -0.2) is 46.6 Å². The van der Waals surface area contributed by atoms with E-state index in [2.05, 4.69) is 21.7 Å². The van der Waals surface area contributed by atoms with Crippen LogP contribution in [0.15, 0.2) is 36.8 Å². The lowest BCUT2D eigenvalue weighted by molar-refractivity contribution is -0.116. The zero-order chi connectivity index (χ0) is 24.8. The maximum atomic E-state index is 12.7. The van der Waals surface area contributed by atoms with Crippen molar-refractivity contribution in [3.8, 4) is 11.8 Å². The summed E-state index contributed by atoms with van der Waals surface area (Å²) in [6.45, 7) is 1.47. The number of rotatable bonds is 8. The molecule has 0 saturated heterocycles. The molecule has 0 fully saturated rings. The van der Waals surface area contributed by atoms with Crippen molar-refractivity contribution in [1.82, 2.24) is 19.8 Å². The molecule has 9 nitrogen and oxygen atoms in total. The normalized spacial score (nSPS) is 12.5. The maximum absolute atomic E-state index is 12.7. The zero-order valence-corrected chi connectivity index (χ0v) is 20.7. The number of amides is 3. The summed E-state index contributed by atoms with van der Waals surface area (Å²) < 4.78 is 7.16. The third kappa shape index (κ3) is 5.81. The summed E-state index contributed by atoms with van der Waals surface area (Å²) in [4.78, 5) is 32.1. The van der Waals surface area contributed by atoms with Gasteiger partial charge in [-0.25, -0.2) is 9.78 Å². The maximum Gasteiger partial charge on any atom is 0.317 e. The van der Waals surface area contributed by atoms with E-state index in [0.717, 1.165) is 27.4 Å². The Labute approximate surface area is 208 Å². The van der Waals surface area contributed by atoms with Crippen molar-refractivity contribution < 1.29 is 14.3 Å². The fraction of sp³-hybridized carbons (Fsp3) is 0.360. The zero-order valence-electron chi connectivity index (χ0n) is 19.8. The Morgan fingerprint density at radius 3 is 2.91 bits per heavy atom. The van der Waals surface area contributed by atoms with Gasteiger partial charge >= 0.3 is 6.03 Å². The predicted molar refractivity (Wildman–Crippen MR) is 133 cm³/mol. The number of benzene rings is 1. The van der Waals surface area contributed by atoms with Gasteiger partial charge in [0.2, 0.25) is 5.91 Å². The van der Waals surface area contributed by atoms with Gasteiger partial charge in [0, 0.05) is 49.7 Å². The number of fused-ring (bicyclic) bond motifs is 1. The molecule has 0 atom stereocenters. The molecule has 3 amide bonds. The van der Waals surface area contributed by atoms with Crippen molar-refractivity contribution in [1.29, 1.82) is 5.26 Å². The molecule has 0 saturated carbocycles. The number of ether oxygens (including phenoxy) is 1. The number of urea groups is 1. The molecule has 0 aliphatic carbocycles. The lowest BCUT2D eigenvalue weighted by Gasteiger charge is -2.27. The van der Waals surface area contributed by atoms with E-state index in [1.807, 2.05) is 35.9 Å². The van der Waals surface area contributed by atoms with E-state index in [0.29, 0.717) is 55.9 Å². The SMILES string of the molecule is COc1cccc(CCC(=O)Nc2sc3c(c2C#N)CCN(C(=O)NCCc2cncn2C)C3)c1. The van der Waals surface area contributed by atoms with Gasteiger partial charge in [-0.05, 0) is 36.1 Å². The third-order valence-corrected chi connectivity index (χ3v) is 7.19. The molecule has 10 heteroatoms. The van der Waals surface area contributed by atoms with E-state index in [-0.39, 0.29) is 11.9 Å². The summed E-state index contributed by atoms with van der Waals surface area (Å²) in [6, 6.07) is 9.75. The number of nitrogens with zero attached hydrogens (tertiary/aromatic N) is 4. The summed E-state index contributed by atoms with van der Waals surface area (Å²) in [7, 11) is 3.54. The quantitative estimate of drug-likeness (QED) is 0.501. The van der Waals surface area contributed by atoms with E-state index >= 15 is 0 Å². The molecular formula is C25H28N6O3S. The third-order valence-electron chi connectivity index (χ3n) is 6.06. The molecule has 2 N–H and O–H groups in total. The number of methoxy groups -OCH3 is 1. The van der Waals surface area contributed by atoms with Gasteiger partial charge in [-0.2, -0.15) is 5.26 Å². The average Bonchev–Trinajstić information content (AvgIpc) is 3.44. The van der Waals surface area contributed by atoms with Crippen LogP contribution in [0, 0.1) is 11.3 Å². The van der Waals surface area contributed by atoms with Gasteiger partial charge in [-0.15, -0.1) is 11.3 Å². The van der Waals surface area contributed by atoms with E-state index in [1.54, 1.807) is 24.5 Å². The van der Waals surface area contributed by atoms with Crippen molar-refractivity contribution in [3.63, 3.8) is 0 Å². The first kappa shape index (κ1) is 24.3. The number of thiophene rings is 1. The van der Waals surface area contributed by atoms with Gasteiger partial charge in [0.05, 0.1) is 25.5 Å². The lowest BCUT2D eigenvalue weighted by Crippen LogP contribution is -2.43. The fourth-order valence-corrected chi connectivity index (χ4v) is 5.32. The number of anilines is 1. The van der Waals surface area contributed by atoms with Gasteiger partial charge in [0.1, 0.15) is 16.8 Å². The highest BCUT2D eigenvalue weighted by molar-refractivity contribution is 7.16. The van der Waals surface area contributed by atoms with Crippen LogP contribution in [0.4, 0.5) is 9.80 Å². The van der Waals surface area contributed by atoms with E-state index in [1.165, 1.54) is 11.3 Å². The van der Waals surface area contributed by atoms with Gasteiger partial charge in [-0.3, -0.25) is 4.79 Å². The second-order valence-electron chi connectivity index (χ2n) is 8.37. The molecule has 1 aliphatic rings. The smallest absolute Gasteiger partial charge is 0.317 e. The number of hydrogen-bond donors (Lipinski definition) is 2. The molecule has 35 heavy (non-hydrogen) atoms. The van der Waals surface area contributed by atoms with Crippen molar-refractivity contribution in [2.75, 3.05) is 25.5 Å². The van der Waals surface area contributed by atoms with Gasteiger partial charge in [-0.1, -0.05) is 12.1 Å². The summed E-state index contributed by atoms with van der Waals surface area (Å²) in [5.74, 6) is 0.610. The summed E-state index contributed by atoms with van der Waals surface area (Å²) >= 11 is 1.38. The molecule has 0 unspecified atom stereocenters. The molecule has 182 valence electrons. The van der Waals surface area contributed by atoms with E-state index in [4.69, 9.17) is 4.74 Å². The molecule has 1 aromatic carbocycles. The first-order chi connectivity index (χ1) is 17.0. The summed E-state index contributed by atoms with van der Waals surface area (Å²) in [5.41, 5.74) is 3.50. The van der Waals surface area contributed by atoms with Crippen LogP contribution in [0.1, 0.15) is 33.7 Å². The first-order valence-electron chi connectivity index (χ1n) is 11.4. The second kappa shape index (κ2) is 11.1. The average molecular weight is 493 g/mol. The van der Waals surface area contributed by atoms with Gasteiger partial charge < -0.3 is 24.8 Å². The van der Waals surface area contributed by atoms with Crippen LogP contribution in [0.5, 0.6) is 5.75 Å². The van der Waals surface area contributed by atoms with Crippen LogP contribution in [-0.2, 0) is 37.6 Å². The predicted octanol–water partition coefficient (Wildman–Crippen LogP) is 3.24. The van der Waals surface area contributed by atoms with Crippen molar-refractivity contribution in [2.24, 2.45) is 7.05 Å². The number of hydrogen-bond acceptors (Lipinski definition) is 6. The Morgan fingerprint density at radius 2 is 2.17 bits per heavy atom. The Bertz CT molecular complexity index is 1260. The Kier molecular flexibility index (Phi) is 7.67. The minimum atomic E-state index is -0.146. The van der Waals surface area contributed by atoms with Crippen LogP contribution < -0.4 is 15.4 Å². The molecular weight excluding hydrogens is 464 g/mol. The van der Waals surface area contributed by atoms with E-state index < -0.39 is 0 Å². The number of nitriles is 1. The minimum absolute atomic E-state index is 0.131. The van der Waals surface area contributed by atoms with Crippen LogP contribution in [0.3, 0.4) is 0 Å². The van der Waals surface area contributed by atoms with Gasteiger partial charge in [0.15, 0.2) is 0 Å². The molecule has 3 heterocycles. The number of imidazole rings is 1. The second-order valence-corrected chi connectivity index (χ2v) is 9.47. The Morgan fingerprint density at radius 1 is 1.31 bits per heavy atom. The monoisotopic (exact) mass is 492 g/mol. The molecule has 1 aliphatic heterocycles. The first-order valence-corrected chi connectivity index (χ1v) is 12.3. The molecule has 0 bridgehead atoms. The molecule has 4 rings (SSSR count). The highest BCUT2D eigenvalue weighted by Crippen LogP contribution is 2.36. The van der Waals surface area contributed by atoms with E-state index in [9.17, 15) is 14.9 Å². The standard InChI is InChI=1S/C25H28N6O3S/c1-30-16-27-14-18(30)8-10-28-25(33)31-11-9-20-21(13-26)24(35-22(20)15-31)29-23(32)7-6-17-4-3-5-19(12-17)34-2/h3-5,12,14,16H,6-11,15H2,1-2H3,(H,28,33)(H,29,32). The summed E-state index contributed by atoms with van der Waals surface area (Å²) in [5, 5.41) is 16.2. The molecule has 0 spiro atoms. The fourth-order valence-electron chi connectivity index (χ4n) is 4.09. The van der Waals surface area contributed by atoms with Crippen LogP contribution >= 0.6 is 11.3 Å². The van der Waals surface area contributed by atoms with Crippen molar-refractivity contribution in [3.05, 3.63) is 64.1 Å². The highest BCUT2D eigenvalue weighted by atomic mass is 32.1. The van der Waals surface area contributed by atoms with Crippen molar-refractivity contribution >= 4 is 28.3 Å². The van der Waals surface area contributed by atoms with Crippen LogP contribution in [0.25, 0.3) is 0 Å². The number of carbonyl (C=O) groups excluding carboxylic acids is 2. The molecule has 2 aromatic heterocycles. The van der Waals surface area contributed by atoms with Crippen LogP contribution in [0.2, 0.25) is 0 Å². The van der Waals surface area contributed by atoms with Gasteiger partial charge in [0.25, 0.3) is 0 Å². The Hall–Kier alpha value is -3.84. The number of carbonyl (C=O) groups is 2. The number of aromatic nitrogens is 2. The van der Waals surface area contributed by atoms with Crippen molar-refractivity contribution in [2.45, 2.75) is 32.2 Å². The number of aryl methyl sites for hydroxylation is 2. The molecule has 0 radical (unpaired) electrons. The topological polar surface area (TPSA) is 112 Å². The number of nitrogens with one attached hydrogen (secondary N) is 2. The Balaban J connectivity index is 1.33. The summed E-state index contributed by atoms with van der Waals surface area (Å²) in [6.07, 6.45) is 5.69. The molecule has 3 aromatic rings. The lowest BCUT2D eigenvalue weighted by atomic mass is 10.0. The highest BCUT2D eigenvalue weighted by Gasteiger charge is 2.27. The largest absolute Gasteiger partial charge is 0.497 e.